The lowest BCUT2D eigenvalue weighted by molar-refractivity contribution is -0.133. The van der Waals surface area contributed by atoms with Crippen LogP contribution in [0.1, 0.15) is 29.2 Å². The second-order valence-electron chi connectivity index (χ2n) is 7.48. The van der Waals surface area contributed by atoms with Gasteiger partial charge in [-0.1, -0.05) is 54.1 Å². The number of rotatable bonds is 7. The molecule has 0 radical (unpaired) electrons. The summed E-state index contributed by atoms with van der Waals surface area (Å²) in [5, 5.41) is 0. The lowest BCUT2D eigenvalue weighted by Gasteiger charge is -2.11. The molecule has 0 aliphatic carbocycles. The van der Waals surface area contributed by atoms with Gasteiger partial charge in [-0.3, -0.25) is 4.79 Å². The van der Waals surface area contributed by atoms with E-state index in [2.05, 4.69) is 4.99 Å². The Hall–Kier alpha value is -4.19. The molecule has 4 rings (SSSR count). The molecule has 166 valence electrons. The minimum atomic E-state index is -0.525. The Balaban J connectivity index is 1.55. The van der Waals surface area contributed by atoms with Gasteiger partial charge >= 0.3 is 11.9 Å². The Morgan fingerprint density at radius 2 is 1.82 bits per heavy atom. The third kappa shape index (κ3) is 5.54. The molecule has 0 saturated heterocycles. The molecule has 1 heterocycles. The van der Waals surface area contributed by atoms with E-state index in [1.54, 1.807) is 24.3 Å². The van der Waals surface area contributed by atoms with Gasteiger partial charge in [0.2, 0.25) is 5.90 Å². The highest BCUT2D eigenvalue weighted by molar-refractivity contribution is 6.12. The predicted molar refractivity (Wildman–Crippen MR) is 125 cm³/mol. The molecule has 3 aromatic carbocycles. The smallest absolute Gasteiger partial charge is 0.363 e. The summed E-state index contributed by atoms with van der Waals surface area (Å²) in [7, 11) is 0. The second-order valence-corrected chi connectivity index (χ2v) is 7.48. The molecule has 0 atom stereocenters. The minimum absolute atomic E-state index is 0.153. The first-order chi connectivity index (χ1) is 16.0. The number of hydrogen-bond donors (Lipinski definition) is 0. The van der Waals surface area contributed by atoms with Crippen LogP contribution < -0.4 is 9.47 Å². The van der Waals surface area contributed by atoms with Gasteiger partial charge in [0.15, 0.2) is 17.2 Å². The van der Waals surface area contributed by atoms with Crippen LogP contribution in [0.3, 0.4) is 0 Å². The Kier molecular flexibility index (Phi) is 6.64. The number of aryl methyl sites for hydroxylation is 1. The quantitative estimate of drug-likeness (QED) is 0.297. The molecule has 1 aliphatic heterocycles. The molecule has 0 N–H and O–H groups in total. The monoisotopic (exact) mass is 441 g/mol. The summed E-state index contributed by atoms with van der Waals surface area (Å²) in [6, 6.07) is 22.0. The van der Waals surface area contributed by atoms with Crippen LogP contribution >= 0.6 is 0 Å². The molecule has 0 spiro atoms. The van der Waals surface area contributed by atoms with Crippen molar-refractivity contribution in [2.24, 2.45) is 4.99 Å². The van der Waals surface area contributed by atoms with Crippen molar-refractivity contribution in [1.29, 1.82) is 0 Å². The number of nitrogens with zero attached hydrogens (tertiary/aromatic N) is 1. The van der Waals surface area contributed by atoms with Gasteiger partial charge in [-0.05, 0) is 55.3 Å². The maximum absolute atomic E-state index is 12.4. The maximum atomic E-state index is 12.4. The van der Waals surface area contributed by atoms with Gasteiger partial charge in [0, 0.05) is 5.56 Å². The van der Waals surface area contributed by atoms with Crippen molar-refractivity contribution in [1.82, 2.24) is 0 Å². The van der Waals surface area contributed by atoms with E-state index in [0.29, 0.717) is 23.7 Å². The second kappa shape index (κ2) is 9.96. The van der Waals surface area contributed by atoms with Gasteiger partial charge in [0.05, 0.1) is 13.0 Å². The van der Waals surface area contributed by atoms with Gasteiger partial charge in [0.1, 0.15) is 0 Å². The summed E-state index contributed by atoms with van der Waals surface area (Å²) >= 11 is 0. The fourth-order valence-corrected chi connectivity index (χ4v) is 3.36. The molecular formula is C27H23NO5. The first-order valence-electron chi connectivity index (χ1n) is 10.6. The zero-order valence-electron chi connectivity index (χ0n) is 18.4. The molecule has 0 saturated carbocycles. The van der Waals surface area contributed by atoms with E-state index in [1.807, 2.05) is 68.4 Å². The van der Waals surface area contributed by atoms with Crippen LogP contribution in [0.2, 0.25) is 0 Å². The fraction of sp³-hybridized carbons (Fsp3) is 0.148. The van der Waals surface area contributed by atoms with Crippen LogP contribution in [0.25, 0.3) is 6.08 Å². The number of carbonyl (C=O) groups is 2. The van der Waals surface area contributed by atoms with E-state index < -0.39 is 5.97 Å². The highest BCUT2D eigenvalue weighted by Crippen LogP contribution is 2.30. The Labute approximate surface area is 192 Å². The van der Waals surface area contributed by atoms with Crippen molar-refractivity contribution in [2.75, 3.05) is 6.61 Å². The number of esters is 2. The SMILES string of the molecule is CCOc1cc(C=C2N=C(c3cccc(C)c3)OC2=O)ccc1OC(=O)Cc1ccccc1. The predicted octanol–water partition coefficient (Wildman–Crippen LogP) is 4.89. The number of aliphatic imine (C=N–C) groups is 1. The van der Waals surface area contributed by atoms with Crippen LogP contribution in [-0.4, -0.2) is 24.4 Å². The number of hydrogen-bond acceptors (Lipinski definition) is 6. The minimum Gasteiger partial charge on any atom is -0.490 e. The van der Waals surface area contributed by atoms with E-state index in [-0.39, 0.29) is 24.0 Å². The number of cyclic esters (lactones) is 1. The molecule has 6 heteroatoms. The Bertz CT molecular complexity index is 1240. The zero-order chi connectivity index (χ0) is 23.2. The zero-order valence-corrected chi connectivity index (χ0v) is 18.4. The lowest BCUT2D eigenvalue weighted by atomic mass is 10.1. The molecular weight excluding hydrogens is 418 g/mol. The van der Waals surface area contributed by atoms with Gasteiger partial charge in [0.25, 0.3) is 0 Å². The van der Waals surface area contributed by atoms with Crippen LogP contribution in [0, 0.1) is 6.92 Å². The van der Waals surface area contributed by atoms with E-state index in [9.17, 15) is 9.59 Å². The lowest BCUT2D eigenvalue weighted by Crippen LogP contribution is -2.12. The standard InChI is InChI=1S/C27H23NO5/c1-3-31-24-16-20(12-13-23(24)32-25(29)17-19-9-5-4-6-10-19)15-22-27(30)33-26(28-22)21-11-7-8-18(2)14-21/h4-16H,3,17H2,1-2H3. The van der Waals surface area contributed by atoms with E-state index in [1.165, 1.54) is 0 Å². The van der Waals surface area contributed by atoms with Crippen molar-refractivity contribution < 1.29 is 23.8 Å². The third-order valence-electron chi connectivity index (χ3n) is 4.87. The van der Waals surface area contributed by atoms with Gasteiger partial charge in [-0.2, -0.15) is 0 Å². The van der Waals surface area contributed by atoms with Crippen LogP contribution in [-0.2, 0) is 20.7 Å². The van der Waals surface area contributed by atoms with E-state index >= 15 is 0 Å². The summed E-state index contributed by atoms with van der Waals surface area (Å²) in [6.07, 6.45) is 1.77. The Morgan fingerprint density at radius 1 is 1.00 bits per heavy atom. The van der Waals surface area contributed by atoms with Gasteiger partial charge in [-0.15, -0.1) is 0 Å². The summed E-state index contributed by atoms with van der Waals surface area (Å²) in [5.74, 6) is 0.0784. The highest BCUT2D eigenvalue weighted by atomic mass is 16.6. The number of benzene rings is 3. The molecule has 3 aromatic rings. The van der Waals surface area contributed by atoms with Gasteiger partial charge in [-0.25, -0.2) is 9.79 Å². The molecule has 0 amide bonds. The number of carbonyl (C=O) groups excluding carboxylic acids is 2. The van der Waals surface area contributed by atoms with Crippen molar-refractivity contribution in [3.8, 4) is 11.5 Å². The summed E-state index contributed by atoms with van der Waals surface area (Å²) in [4.78, 5) is 29.1. The fourth-order valence-electron chi connectivity index (χ4n) is 3.36. The van der Waals surface area contributed by atoms with E-state index in [0.717, 1.165) is 16.7 Å². The van der Waals surface area contributed by atoms with Crippen LogP contribution in [0.4, 0.5) is 0 Å². The summed E-state index contributed by atoms with van der Waals surface area (Å²) in [5.41, 5.74) is 3.50. The summed E-state index contributed by atoms with van der Waals surface area (Å²) in [6.45, 7) is 4.19. The molecule has 0 fully saturated rings. The average Bonchev–Trinajstić information content (AvgIpc) is 3.16. The van der Waals surface area contributed by atoms with Crippen molar-refractivity contribution in [3.63, 3.8) is 0 Å². The normalized spacial score (nSPS) is 14.1. The Morgan fingerprint density at radius 3 is 2.58 bits per heavy atom. The van der Waals surface area contributed by atoms with Crippen molar-refractivity contribution in [3.05, 3.63) is 101 Å². The largest absolute Gasteiger partial charge is 0.490 e. The van der Waals surface area contributed by atoms with Gasteiger partial charge < -0.3 is 14.2 Å². The number of ether oxygens (including phenoxy) is 3. The average molecular weight is 441 g/mol. The van der Waals surface area contributed by atoms with Crippen LogP contribution in [0.5, 0.6) is 11.5 Å². The molecule has 0 unspecified atom stereocenters. The van der Waals surface area contributed by atoms with E-state index in [4.69, 9.17) is 14.2 Å². The topological polar surface area (TPSA) is 74.2 Å². The molecule has 6 nitrogen and oxygen atoms in total. The molecule has 33 heavy (non-hydrogen) atoms. The molecule has 0 aromatic heterocycles. The third-order valence-corrected chi connectivity index (χ3v) is 4.87. The molecule has 0 bridgehead atoms. The van der Waals surface area contributed by atoms with Crippen molar-refractivity contribution in [2.45, 2.75) is 20.3 Å². The first kappa shape index (κ1) is 22.0. The molecule has 1 aliphatic rings. The van der Waals surface area contributed by atoms with Crippen LogP contribution in [0.15, 0.2) is 83.5 Å². The maximum Gasteiger partial charge on any atom is 0.363 e. The highest BCUT2D eigenvalue weighted by Gasteiger charge is 2.24. The summed E-state index contributed by atoms with van der Waals surface area (Å²) < 4.78 is 16.5. The van der Waals surface area contributed by atoms with Crippen molar-refractivity contribution >= 4 is 23.9 Å². The first-order valence-corrected chi connectivity index (χ1v) is 10.6.